The first kappa shape index (κ1) is 15.1. The van der Waals surface area contributed by atoms with Crippen molar-refractivity contribution in [3.05, 3.63) is 35.9 Å². The van der Waals surface area contributed by atoms with Crippen LogP contribution < -0.4 is 9.47 Å². The minimum absolute atomic E-state index is 0.150. The summed E-state index contributed by atoms with van der Waals surface area (Å²) in [5.74, 6) is 2.52. The molecular weight excluding hydrogens is 286 g/mol. The highest BCUT2D eigenvalue weighted by molar-refractivity contribution is 5.48. The maximum absolute atomic E-state index is 6.09. The minimum atomic E-state index is 0.150. The molecule has 1 saturated carbocycles. The molecule has 0 N–H and O–H groups in total. The van der Waals surface area contributed by atoms with Gasteiger partial charge in [-0.3, -0.25) is 0 Å². The van der Waals surface area contributed by atoms with Gasteiger partial charge in [-0.05, 0) is 69.3 Å². The van der Waals surface area contributed by atoms with Gasteiger partial charge < -0.3 is 14.4 Å². The first-order valence-corrected chi connectivity index (χ1v) is 8.92. The third-order valence-corrected chi connectivity index (χ3v) is 5.90. The SMILES string of the molecule is COc1ccc([C@@]23C=CCCC2N(C)CC3)cc1OCC1CC1. The van der Waals surface area contributed by atoms with Gasteiger partial charge in [0, 0.05) is 11.5 Å². The average Bonchev–Trinajstić information content (AvgIpc) is 3.36. The van der Waals surface area contributed by atoms with E-state index in [4.69, 9.17) is 9.47 Å². The molecule has 1 aromatic rings. The molecule has 0 bridgehead atoms. The van der Waals surface area contributed by atoms with Gasteiger partial charge in [-0.2, -0.15) is 0 Å². The van der Waals surface area contributed by atoms with Gasteiger partial charge in [-0.1, -0.05) is 18.2 Å². The minimum Gasteiger partial charge on any atom is -0.493 e. The lowest BCUT2D eigenvalue weighted by atomic mass is 9.70. The first-order valence-electron chi connectivity index (χ1n) is 8.92. The van der Waals surface area contributed by atoms with Crippen molar-refractivity contribution in [2.75, 3.05) is 27.3 Å². The number of allylic oxidation sites excluding steroid dienone is 1. The van der Waals surface area contributed by atoms with E-state index in [0.717, 1.165) is 24.0 Å². The van der Waals surface area contributed by atoms with E-state index in [9.17, 15) is 0 Å². The second kappa shape index (κ2) is 5.86. The lowest BCUT2D eigenvalue weighted by molar-refractivity contribution is 0.247. The largest absolute Gasteiger partial charge is 0.493 e. The van der Waals surface area contributed by atoms with E-state index in [0.29, 0.717) is 6.04 Å². The van der Waals surface area contributed by atoms with Crippen molar-refractivity contribution >= 4 is 0 Å². The Morgan fingerprint density at radius 2 is 2.09 bits per heavy atom. The maximum Gasteiger partial charge on any atom is 0.161 e. The normalized spacial score (nSPS) is 30.3. The molecule has 0 radical (unpaired) electrons. The maximum atomic E-state index is 6.09. The Balaban J connectivity index is 1.68. The van der Waals surface area contributed by atoms with E-state index in [1.165, 1.54) is 44.2 Å². The predicted octanol–water partition coefficient (Wildman–Crippen LogP) is 3.78. The van der Waals surface area contributed by atoms with Crippen molar-refractivity contribution < 1.29 is 9.47 Å². The molecule has 1 unspecified atom stereocenters. The number of ether oxygens (including phenoxy) is 2. The molecule has 2 aliphatic carbocycles. The molecule has 124 valence electrons. The summed E-state index contributed by atoms with van der Waals surface area (Å²) in [5.41, 5.74) is 1.53. The van der Waals surface area contributed by atoms with Gasteiger partial charge >= 0.3 is 0 Å². The van der Waals surface area contributed by atoms with Crippen molar-refractivity contribution in [3.8, 4) is 11.5 Å². The summed E-state index contributed by atoms with van der Waals surface area (Å²) in [6.45, 7) is 1.99. The molecule has 2 atom stereocenters. The van der Waals surface area contributed by atoms with Crippen LogP contribution in [0.3, 0.4) is 0 Å². The number of methoxy groups -OCH3 is 1. The molecule has 0 amide bonds. The van der Waals surface area contributed by atoms with Crippen LogP contribution in [0.2, 0.25) is 0 Å². The lowest BCUT2D eigenvalue weighted by Gasteiger charge is -2.38. The zero-order valence-corrected chi connectivity index (χ0v) is 14.3. The molecule has 4 rings (SSSR count). The summed E-state index contributed by atoms with van der Waals surface area (Å²) < 4.78 is 11.6. The number of likely N-dealkylation sites (N-methyl/N-ethyl adjacent to an activating group) is 1. The van der Waals surface area contributed by atoms with Crippen LogP contribution in [-0.2, 0) is 5.41 Å². The van der Waals surface area contributed by atoms with Crippen molar-refractivity contribution in [1.82, 2.24) is 4.90 Å². The van der Waals surface area contributed by atoms with E-state index in [1.54, 1.807) is 7.11 Å². The highest BCUT2D eigenvalue weighted by Gasteiger charge is 2.46. The number of rotatable bonds is 5. The Hall–Kier alpha value is -1.48. The van der Waals surface area contributed by atoms with E-state index in [2.05, 4.69) is 42.3 Å². The monoisotopic (exact) mass is 313 g/mol. The third kappa shape index (κ3) is 2.65. The number of benzene rings is 1. The van der Waals surface area contributed by atoms with E-state index in [1.807, 2.05) is 0 Å². The van der Waals surface area contributed by atoms with Crippen LogP contribution in [0.4, 0.5) is 0 Å². The number of hydrogen-bond acceptors (Lipinski definition) is 3. The third-order valence-electron chi connectivity index (χ3n) is 5.90. The van der Waals surface area contributed by atoms with Gasteiger partial charge in [0.2, 0.25) is 0 Å². The summed E-state index contributed by atoms with van der Waals surface area (Å²) in [4.78, 5) is 2.53. The molecular formula is C20H27NO2. The van der Waals surface area contributed by atoms with Gasteiger partial charge in [0.25, 0.3) is 0 Å². The van der Waals surface area contributed by atoms with E-state index >= 15 is 0 Å². The highest BCUT2D eigenvalue weighted by atomic mass is 16.5. The number of hydrogen-bond donors (Lipinski definition) is 0. The molecule has 1 saturated heterocycles. The molecule has 0 aromatic heterocycles. The first-order chi connectivity index (χ1) is 11.2. The standard InChI is InChI=1S/C20H27NO2/c1-21-12-11-20(10-4-3-5-19(20)21)16-8-9-17(22-2)18(13-16)23-14-15-6-7-15/h4,8-10,13,15,19H,3,5-7,11-12,14H2,1-2H3/t19?,20-/m0/s1. The fourth-order valence-corrected chi connectivity index (χ4v) is 4.30. The van der Waals surface area contributed by atoms with Crippen LogP contribution in [0, 0.1) is 5.92 Å². The molecule has 2 fully saturated rings. The molecule has 1 aromatic carbocycles. The average molecular weight is 313 g/mol. The van der Waals surface area contributed by atoms with Crippen molar-refractivity contribution in [3.63, 3.8) is 0 Å². The topological polar surface area (TPSA) is 21.7 Å². The van der Waals surface area contributed by atoms with Crippen LogP contribution in [0.5, 0.6) is 11.5 Å². The zero-order valence-electron chi connectivity index (χ0n) is 14.3. The van der Waals surface area contributed by atoms with Crippen LogP contribution in [0.25, 0.3) is 0 Å². The van der Waals surface area contributed by atoms with Crippen LogP contribution in [0.15, 0.2) is 30.4 Å². The Morgan fingerprint density at radius 3 is 2.87 bits per heavy atom. The Bertz CT molecular complexity index is 608. The second-order valence-electron chi connectivity index (χ2n) is 7.39. The molecule has 23 heavy (non-hydrogen) atoms. The molecule has 1 heterocycles. The summed E-state index contributed by atoms with van der Waals surface area (Å²) >= 11 is 0. The number of likely N-dealkylation sites (tertiary alicyclic amines) is 1. The highest BCUT2D eigenvalue weighted by Crippen LogP contribution is 2.47. The van der Waals surface area contributed by atoms with Gasteiger partial charge in [-0.15, -0.1) is 0 Å². The van der Waals surface area contributed by atoms with E-state index < -0.39 is 0 Å². The van der Waals surface area contributed by atoms with E-state index in [-0.39, 0.29) is 5.41 Å². The summed E-state index contributed by atoms with van der Waals surface area (Å²) in [6, 6.07) is 7.18. The van der Waals surface area contributed by atoms with Gasteiger partial charge in [0.05, 0.1) is 13.7 Å². The summed E-state index contributed by atoms with van der Waals surface area (Å²) in [5, 5.41) is 0. The van der Waals surface area contributed by atoms with Crippen LogP contribution in [-0.4, -0.2) is 38.3 Å². The van der Waals surface area contributed by atoms with Crippen molar-refractivity contribution in [2.24, 2.45) is 5.92 Å². The van der Waals surface area contributed by atoms with Crippen LogP contribution >= 0.6 is 0 Å². The Labute approximate surface area is 139 Å². The molecule has 0 spiro atoms. The fraction of sp³-hybridized carbons (Fsp3) is 0.600. The van der Waals surface area contributed by atoms with Gasteiger partial charge in [-0.25, -0.2) is 0 Å². The molecule has 1 aliphatic heterocycles. The quantitative estimate of drug-likeness (QED) is 0.772. The predicted molar refractivity (Wildman–Crippen MR) is 92.3 cm³/mol. The molecule has 3 nitrogen and oxygen atoms in total. The zero-order chi connectivity index (χ0) is 15.9. The number of nitrogens with zero attached hydrogens (tertiary/aromatic N) is 1. The smallest absolute Gasteiger partial charge is 0.161 e. The fourth-order valence-electron chi connectivity index (χ4n) is 4.30. The Morgan fingerprint density at radius 1 is 1.22 bits per heavy atom. The lowest BCUT2D eigenvalue weighted by Crippen LogP contribution is -2.41. The van der Waals surface area contributed by atoms with Gasteiger partial charge in [0.1, 0.15) is 0 Å². The van der Waals surface area contributed by atoms with Gasteiger partial charge in [0.15, 0.2) is 11.5 Å². The molecule has 3 aliphatic rings. The van der Waals surface area contributed by atoms with Crippen molar-refractivity contribution in [1.29, 1.82) is 0 Å². The van der Waals surface area contributed by atoms with Crippen LogP contribution in [0.1, 0.15) is 37.7 Å². The molecule has 3 heteroatoms. The second-order valence-corrected chi connectivity index (χ2v) is 7.39. The summed E-state index contributed by atoms with van der Waals surface area (Å²) in [7, 11) is 3.99. The number of fused-ring (bicyclic) bond motifs is 1. The van der Waals surface area contributed by atoms with Crippen molar-refractivity contribution in [2.45, 2.75) is 43.6 Å². The summed E-state index contributed by atoms with van der Waals surface area (Å²) in [6.07, 6.45) is 11.1. The Kier molecular flexibility index (Phi) is 3.84.